The van der Waals surface area contributed by atoms with E-state index in [4.69, 9.17) is 22.1 Å². The second kappa shape index (κ2) is 6.18. The van der Waals surface area contributed by atoms with Crippen LogP contribution in [-0.4, -0.2) is 17.6 Å². The van der Waals surface area contributed by atoms with E-state index in [-0.39, 0.29) is 11.3 Å². The quantitative estimate of drug-likeness (QED) is 0.712. The summed E-state index contributed by atoms with van der Waals surface area (Å²) in [6.07, 6.45) is 2.29. The molecule has 0 unspecified atom stereocenters. The lowest BCUT2D eigenvalue weighted by atomic mass is 10.0. The van der Waals surface area contributed by atoms with Crippen LogP contribution >= 0.6 is 11.6 Å². The summed E-state index contributed by atoms with van der Waals surface area (Å²) in [7, 11) is 1.23. The average molecular weight is 369 g/mol. The third kappa shape index (κ3) is 2.65. The summed E-state index contributed by atoms with van der Waals surface area (Å²) in [5.41, 5.74) is 8.11. The number of rotatable bonds is 3. The highest BCUT2D eigenvalue weighted by molar-refractivity contribution is 6.30. The Morgan fingerprint density at radius 2 is 1.88 bits per heavy atom. The van der Waals surface area contributed by atoms with Gasteiger partial charge in [0.1, 0.15) is 5.56 Å². The zero-order chi connectivity index (χ0) is 18.4. The van der Waals surface area contributed by atoms with Crippen LogP contribution < -0.4 is 11.3 Å². The minimum Gasteiger partial charge on any atom is -0.465 e. The van der Waals surface area contributed by atoms with Crippen molar-refractivity contribution in [3.05, 3.63) is 69.0 Å². The Bertz CT molecular complexity index is 1080. The lowest BCUT2D eigenvalue weighted by Gasteiger charge is -2.16. The van der Waals surface area contributed by atoms with Crippen LogP contribution in [0.25, 0.3) is 16.6 Å². The standard InChI is InChI=1S/C20H17ClN2O3/c1-26-20(25)17-18(22)15-9-4-12(11-2-3-11)10-16(15)23(19(17)24)14-7-5-13(21)6-8-14/h4-11H,2-3,22H2,1H3. The molecule has 0 radical (unpaired) electrons. The van der Waals surface area contributed by atoms with Crippen molar-refractivity contribution >= 4 is 34.2 Å². The zero-order valence-corrected chi connectivity index (χ0v) is 14.9. The molecule has 1 saturated carbocycles. The van der Waals surface area contributed by atoms with E-state index in [1.165, 1.54) is 17.2 Å². The van der Waals surface area contributed by atoms with Crippen molar-refractivity contribution < 1.29 is 9.53 Å². The number of nitrogens with zero attached hydrogens (tertiary/aromatic N) is 1. The molecule has 1 aliphatic carbocycles. The Morgan fingerprint density at radius 1 is 1.19 bits per heavy atom. The summed E-state index contributed by atoms with van der Waals surface area (Å²) < 4.78 is 6.28. The molecule has 0 atom stereocenters. The van der Waals surface area contributed by atoms with Crippen LogP contribution in [0.5, 0.6) is 0 Å². The normalized spacial score (nSPS) is 13.8. The van der Waals surface area contributed by atoms with Gasteiger partial charge in [-0.3, -0.25) is 9.36 Å². The lowest BCUT2D eigenvalue weighted by molar-refractivity contribution is 0.0600. The van der Waals surface area contributed by atoms with Crippen LogP contribution in [0.15, 0.2) is 47.3 Å². The Balaban J connectivity index is 2.11. The Labute approximate surface area is 154 Å². The third-order valence-electron chi connectivity index (χ3n) is 4.76. The molecule has 1 fully saturated rings. The number of carbonyl (C=O) groups is 1. The predicted octanol–water partition coefficient (Wildman–Crippen LogP) is 3.89. The summed E-state index contributed by atoms with van der Waals surface area (Å²) in [5, 5.41) is 1.21. The fourth-order valence-corrected chi connectivity index (χ4v) is 3.37. The van der Waals surface area contributed by atoms with Gasteiger partial charge >= 0.3 is 5.97 Å². The smallest absolute Gasteiger partial charge is 0.345 e. The minimum absolute atomic E-state index is 0.143. The van der Waals surface area contributed by atoms with Crippen molar-refractivity contribution in [2.45, 2.75) is 18.8 Å². The summed E-state index contributed by atoms with van der Waals surface area (Å²) >= 11 is 5.98. The second-order valence-corrected chi connectivity index (χ2v) is 6.88. The molecule has 2 N–H and O–H groups in total. The van der Waals surface area contributed by atoms with E-state index in [2.05, 4.69) is 0 Å². The van der Waals surface area contributed by atoms with Crippen LogP contribution in [0.3, 0.4) is 0 Å². The number of halogens is 1. The molecule has 1 aliphatic rings. The highest BCUT2D eigenvalue weighted by atomic mass is 35.5. The maximum atomic E-state index is 13.1. The van der Waals surface area contributed by atoms with Gasteiger partial charge in [0.25, 0.3) is 5.56 Å². The van der Waals surface area contributed by atoms with E-state index in [1.807, 2.05) is 18.2 Å². The maximum absolute atomic E-state index is 13.1. The van der Waals surface area contributed by atoms with Crippen molar-refractivity contribution in [1.82, 2.24) is 4.57 Å². The van der Waals surface area contributed by atoms with Gasteiger partial charge in [0.05, 0.1) is 18.3 Å². The number of esters is 1. The van der Waals surface area contributed by atoms with Gasteiger partial charge in [0.2, 0.25) is 0 Å². The van der Waals surface area contributed by atoms with Crippen molar-refractivity contribution in [1.29, 1.82) is 0 Å². The van der Waals surface area contributed by atoms with Crippen molar-refractivity contribution in [2.75, 3.05) is 12.8 Å². The Kier molecular flexibility index (Phi) is 3.96. The van der Waals surface area contributed by atoms with Gasteiger partial charge in [-0.25, -0.2) is 4.79 Å². The monoisotopic (exact) mass is 368 g/mol. The highest BCUT2D eigenvalue weighted by Crippen LogP contribution is 2.41. The van der Waals surface area contributed by atoms with Crippen LogP contribution in [0.1, 0.15) is 34.7 Å². The number of nitrogen functional groups attached to an aromatic ring is 1. The average Bonchev–Trinajstić information content (AvgIpc) is 3.48. The lowest BCUT2D eigenvalue weighted by Crippen LogP contribution is -2.28. The van der Waals surface area contributed by atoms with Crippen LogP contribution in [-0.2, 0) is 4.74 Å². The molecule has 132 valence electrons. The molecular formula is C20H17ClN2O3. The fourth-order valence-electron chi connectivity index (χ4n) is 3.25. The number of nitrogens with two attached hydrogens (primary N) is 1. The van der Waals surface area contributed by atoms with E-state index in [0.717, 1.165) is 12.8 Å². The summed E-state index contributed by atoms with van der Waals surface area (Å²) in [5.74, 6) is -0.224. The predicted molar refractivity (Wildman–Crippen MR) is 102 cm³/mol. The Morgan fingerprint density at radius 3 is 2.50 bits per heavy atom. The molecular weight excluding hydrogens is 352 g/mol. The number of hydrogen-bond donors (Lipinski definition) is 1. The first-order valence-electron chi connectivity index (χ1n) is 8.33. The second-order valence-electron chi connectivity index (χ2n) is 6.45. The number of anilines is 1. The number of fused-ring (bicyclic) bond motifs is 1. The first kappa shape index (κ1) is 16.7. The van der Waals surface area contributed by atoms with Gasteiger partial charge in [-0.2, -0.15) is 0 Å². The van der Waals surface area contributed by atoms with E-state index < -0.39 is 11.5 Å². The number of ether oxygens (including phenoxy) is 1. The number of aromatic nitrogens is 1. The van der Waals surface area contributed by atoms with E-state index in [1.54, 1.807) is 24.3 Å². The van der Waals surface area contributed by atoms with E-state index in [0.29, 0.717) is 27.5 Å². The SMILES string of the molecule is COC(=O)c1c(N)c2ccc(C3CC3)cc2n(-c2ccc(Cl)cc2)c1=O. The molecule has 6 heteroatoms. The van der Waals surface area contributed by atoms with Gasteiger partial charge in [-0.05, 0) is 54.7 Å². The van der Waals surface area contributed by atoms with Crippen LogP contribution in [0.2, 0.25) is 5.02 Å². The molecule has 1 heterocycles. The first-order valence-corrected chi connectivity index (χ1v) is 8.71. The molecule has 0 amide bonds. The van der Waals surface area contributed by atoms with Crippen molar-refractivity contribution in [2.24, 2.45) is 0 Å². The molecule has 26 heavy (non-hydrogen) atoms. The van der Waals surface area contributed by atoms with Gasteiger partial charge in [-0.1, -0.05) is 23.7 Å². The van der Waals surface area contributed by atoms with Crippen LogP contribution in [0, 0.1) is 0 Å². The molecule has 1 aromatic heterocycles. The number of hydrogen-bond acceptors (Lipinski definition) is 4. The van der Waals surface area contributed by atoms with Gasteiger partial charge in [0.15, 0.2) is 0 Å². The molecule has 4 rings (SSSR count). The molecule has 0 aliphatic heterocycles. The van der Waals surface area contributed by atoms with Gasteiger partial charge < -0.3 is 10.5 Å². The van der Waals surface area contributed by atoms with Crippen molar-refractivity contribution in [3.63, 3.8) is 0 Å². The topological polar surface area (TPSA) is 74.3 Å². The van der Waals surface area contributed by atoms with Gasteiger partial charge in [0, 0.05) is 16.1 Å². The molecule has 5 nitrogen and oxygen atoms in total. The first-order chi connectivity index (χ1) is 12.5. The Hall–Kier alpha value is -2.79. The summed E-state index contributed by atoms with van der Waals surface area (Å²) in [6.45, 7) is 0. The van der Waals surface area contributed by atoms with Crippen molar-refractivity contribution in [3.8, 4) is 5.69 Å². The van der Waals surface area contributed by atoms with Crippen LogP contribution in [0.4, 0.5) is 5.69 Å². The largest absolute Gasteiger partial charge is 0.465 e. The van der Waals surface area contributed by atoms with Gasteiger partial charge in [-0.15, -0.1) is 0 Å². The number of methoxy groups -OCH3 is 1. The molecule has 0 spiro atoms. The zero-order valence-electron chi connectivity index (χ0n) is 14.2. The molecule has 3 aromatic rings. The van der Waals surface area contributed by atoms with E-state index in [9.17, 15) is 9.59 Å². The summed E-state index contributed by atoms with van der Waals surface area (Å²) in [6, 6.07) is 12.8. The molecule has 0 saturated heterocycles. The summed E-state index contributed by atoms with van der Waals surface area (Å²) in [4.78, 5) is 25.3. The number of benzene rings is 2. The number of pyridine rings is 1. The number of carbonyl (C=O) groups excluding carboxylic acids is 1. The fraction of sp³-hybridized carbons (Fsp3) is 0.200. The maximum Gasteiger partial charge on any atom is 0.345 e. The molecule has 0 bridgehead atoms. The molecule has 2 aromatic carbocycles. The third-order valence-corrected chi connectivity index (χ3v) is 5.01. The minimum atomic E-state index is -0.747. The highest BCUT2D eigenvalue weighted by Gasteiger charge is 2.26. The van der Waals surface area contributed by atoms with E-state index >= 15 is 0 Å².